The molecule has 0 radical (unpaired) electrons. The number of benzene rings is 1. The Bertz CT molecular complexity index is 741. The Balaban J connectivity index is 0.00000392. The third kappa shape index (κ3) is 8.73. The molecular formula is C20H28FIN4O2. The number of nitrogens with one attached hydrogen (secondary N) is 2. The molecule has 2 N–H and O–H groups in total. The third-order valence-electron chi connectivity index (χ3n) is 3.53. The van der Waals surface area contributed by atoms with Gasteiger partial charge in [-0.3, -0.25) is 4.99 Å². The van der Waals surface area contributed by atoms with E-state index in [0.717, 1.165) is 5.56 Å². The lowest BCUT2D eigenvalue weighted by Crippen LogP contribution is -2.41. The average Bonchev–Trinajstić information content (AvgIpc) is 2.62. The Hall–Kier alpha value is -2.10. The van der Waals surface area contributed by atoms with E-state index in [4.69, 9.17) is 9.47 Å². The van der Waals surface area contributed by atoms with E-state index in [1.54, 1.807) is 25.4 Å². The van der Waals surface area contributed by atoms with Crippen LogP contribution in [-0.2, 0) is 6.54 Å². The fraction of sp³-hybridized carbons (Fsp3) is 0.400. The van der Waals surface area contributed by atoms with Crippen LogP contribution in [0.15, 0.2) is 47.6 Å². The van der Waals surface area contributed by atoms with Gasteiger partial charge in [0.15, 0.2) is 5.96 Å². The highest BCUT2D eigenvalue weighted by Crippen LogP contribution is 2.13. The van der Waals surface area contributed by atoms with E-state index in [0.29, 0.717) is 30.7 Å². The van der Waals surface area contributed by atoms with Crippen LogP contribution >= 0.6 is 24.0 Å². The second-order valence-corrected chi connectivity index (χ2v) is 6.36. The number of aliphatic imine (C=N–C) groups is 1. The topological polar surface area (TPSA) is 67.8 Å². The van der Waals surface area contributed by atoms with Crippen LogP contribution in [0.5, 0.6) is 11.6 Å². The molecule has 0 aliphatic carbocycles. The molecule has 1 aromatic carbocycles. The number of rotatable bonds is 8. The Morgan fingerprint density at radius 1 is 1.14 bits per heavy atom. The summed E-state index contributed by atoms with van der Waals surface area (Å²) < 4.78 is 24.4. The lowest BCUT2D eigenvalue weighted by molar-refractivity contribution is 0.223. The van der Waals surface area contributed by atoms with Crippen LogP contribution in [0.4, 0.5) is 4.39 Å². The molecule has 0 fully saturated rings. The Kier molecular flexibility index (Phi) is 10.6. The smallest absolute Gasteiger partial charge is 0.213 e. The van der Waals surface area contributed by atoms with Crippen LogP contribution in [0, 0.1) is 5.82 Å². The third-order valence-corrected chi connectivity index (χ3v) is 3.53. The second kappa shape index (κ2) is 12.4. The van der Waals surface area contributed by atoms with Crippen molar-refractivity contribution < 1.29 is 13.9 Å². The van der Waals surface area contributed by atoms with Gasteiger partial charge < -0.3 is 20.1 Å². The number of hydrogen-bond donors (Lipinski definition) is 2. The molecule has 6 nitrogen and oxygen atoms in total. The zero-order chi connectivity index (χ0) is 19.6. The van der Waals surface area contributed by atoms with Gasteiger partial charge in [0.1, 0.15) is 17.7 Å². The van der Waals surface area contributed by atoms with E-state index in [1.165, 1.54) is 12.1 Å². The van der Waals surface area contributed by atoms with Crippen LogP contribution in [0.25, 0.3) is 0 Å². The number of aromatic nitrogens is 1. The molecule has 0 spiro atoms. The maximum atomic E-state index is 13.2. The fourth-order valence-corrected chi connectivity index (χ4v) is 2.29. The van der Waals surface area contributed by atoms with Crippen molar-refractivity contribution in [1.82, 2.24) is 15.6 Å². The molecule has 154 valence electrons. The molecule has 1 aromatic heterocycles. The molecule has 0 aliphatic rings. The number of nitrogens with zero attached hydrogens (tertiary/aromatic N) is 2. The van der Waals surface area contributed by atoms with Crippen molar-refractivity contribution in [3.05, 3.63) is 54.0 Å². The number of hydrogen-bond acceptors (Lipinski definition) is 4. The van der Waals surface area contributed by atoms with Crippen molar-refractivity contribution in [1.29, 1.82) is 0 Å². The van der Waals surface area contributed by atoms with Gasteiger partial charge in [0.2, 0.25) is 5.88 Å². The van der Waals surface area contributed by atoms with Gasteiger partial charge in [-0.1, -0.05) is 12.1 Å². The summed E-state index contributed by atoms with van der Waals surface area (Å²) >= 11 is 0. The molecule has 2 aromatic rings. The van der Waals surface area contributed by atoms with Crippen molar-refractivity contribution in [3.63, 3.8) is 0 Å². The molecule has 2 rings (SSSR count). The van der Waals surface area contributed by atoms with E-state index >= 15 is 0 Å². The molecule has 8 heteroatoms. The SMILES string of the molecule is CN=C(NCc1ccc(OC(C)C)nc1)NCC(C)Oc1cccc(F)c1.I. The van der Waals surface area contributed by atoms with E-state index in [-0.39, 0.29) is 42.0 Å². The molecule has 28 heavy (non-hydrogen) atoms. The normalized spacial score (nSPS) is 12.1. The van der Waals surface area contributed by atoms with Crippen LogP contribution < -0.4 is 20.1 Å². The first-order valence-corrected chi connectivity index (χ1v) is 8.94. The highest BCUT2D eigenvalue weighted by molar-refractivity contribution is 14.0. The summed E-state index contributed by atoms with van der Waals surface area (Å²) in [6.45, 7) is 6.93. The van der Waals surface area contributed by atoms with E-state index in [2.05, 4.69) is 20.6 Å². The van der Waals surface area contributed by atoms with Gasteiger partial charge in [-0.05, 0) is 38.5 Å². The zero-order valence-corrected chi connectivity index (χ0v) is 18.9. The van der Waals surface area contributed by atoms with Gasteiger partial charge in [-0.25, -0.2) is 9.37 Å². The summed E-state index contributed by atoms with van der Waals surface area (Å²) in [6, 6.07) is 9.91. The average molecular weight is 502 g/mol. The fourth-order valence-electron chi connectivity index (χ4n) is 2.29. The van der Waals surface area contributed by atoms with E-state index in [9.17, 15) is 4.39 Å². The predicted molar refractivity (Wildman–Crippen MR) is 120 cm³/mol. The summed E-state index contributed by atoms with van der Waals surface area (Å²) in [5.74, 6) is 1.44. The van der Waals surface area contributed by atoms with Crippen molar-refractivity contribution in [2.45, 2.75) is 39.5 Å². The van der Waals surface area contributed by atoms with Crippen LogP contribution in [0.3, 0.4) is 0 Å². The second-order valence-electron chi connectivity index (χ2n) is 6.36. The molecule has 0 saturated carbocycles. The first-order valence-electron chi connectivity index (χ1n) is 8.94. The standard InChI is InChI=1S/C20H27FN4O2.HI/c1-14(2)26-19-9-8-16(12-23-19)13-25-20(22-4)24-11-15(3)27-18-7-5-6-17(21)10-18;/h5-10,12,14-15H,11,13H2,1-4H3,(H2,22,24,25);1H. The van der Waals surface area contributed by atoms with Crippen molar-refractivity contribution in [2.75, 3.05) is 13.6 Å². The lowest BCUT2D eigenvalue weighted by atomic mass is 10.3. The first kappa shape index (κ1) is 23.9. The van der Waals surface area contributed by atoms with Crippen molar-refractivity contribution >= 4 is 29.9 Å². The largest absolute Gasteiger partial charge is 0.489 e. The zero-order valence-electron chi connectivity index (χ0n) is 16.6. The molecule has 1 atom stereocenters. The van der Waals surface area contributed by atoms with E-state index in [1.807, 2.05) is 32.9 Å². The summed E-state index contributed by atoms with van der Waals surface area (Å²) in [5, 5.41) is 6.40. The molecule has 1 heterocycles. The maximum Gasteiger partial charge on any atom is 0.213 e. The van der Waals surface area contributed by atoms with Crippen LogP contribution in [0.2, 0.25) is 0 Å². The number of guanidine groups is 1. The van der Waals surface area contributed by atoms with Gasteiger partial charge >= 0.3 is 0 Å². The highest BCUT2D eigenvalue weighted by Gasteiger charge is 2.07. The molecule has 0 amide bonds. The number of halogens is 2. The maximum absolute atomic E-state index is 13.2. The molecule has 0 aliphatic heterocycles. The lowest BCUT2D eigenvalue weighted by Gasteiger charge is -2.18. The summed E-state index contributed by atoms with van der Waals surface area (Å²) in [4.78, 5) is 8.46. The number of ether oxygens (including phenoxy) is 2. The van der Waals surface area contributed by atoms with Gasteiger partial charge in [0.05, 0.1) is 12.6 Å². The number of pyridine rings is 1. The van der Waals surface area contributed by atoms with Crippen molar-refractivity contribution in [2.24, 2.45) is 4.99 Å². The Labute approximate surface area is 183 Å². The van der Waals surface area contributed by atoms with Crippen LogP contribution in [0.1, 0.15) is 26.3 Å². The first-order chi connectivity index (χ1) is 13.0. The predicted octanol–water partition coefficient (Wildman–Crippen LogP) is 3.76. The molecule has 1 unspecified atom stereocenters. The van der Waals surface area contributed by atoms with Gasteiger partial charge in [0, 0.05) is 31.9 Å². The van der Waals surface area contributed by atoms with Crippen LogP contribution in [-0.4, -0.2) is 36.7 Å². The minimum absolute atomic E-state index is 0. The molecular weight excluding hydrogens is 474 g/mol. The summed E-state index contributed by atoms with van der Waals surface area (Å²) in [5.41, 5.74) is 1.01. The monoisotopic (exact) mass is 502 g/mol. The minimum Gasteiger partial charge on any atom is -0.489 e. The van der Waals surface area contributed by atoms with Gasteiger partial charge in [-0.15, -0.1) is 24.0 Å². The molecule has 0 bridgehead atoms. The Morgan fingerprint density at radius 3 is 2.54 bits per heavy atom. The van der Waals surface area contributed by atoms with E-state index < -0.39 is 0 Å². The Morgan fingerprint density at radius 2 is 1.93 bits per heavy atom. The van der Waals surface area contributed by atoms with Crippen molar-refractivity contribution in [3.8, 4) is 11.6 Å². The summed E-state index contributed by atoms with van der Waals surface area (Å²) in [7, 11) is 1.70. The highest BCUT2D eigenvalue weighted by atomic mass is 127. The van der Waals surface area contributed by atoms with Gasteiger partial charge in [0.25, 0.3) is 0 Å². The van der Waals surface area contributed by atoms with Gasteiger partial charge in [-0.2, -0.15) is 0 Å². The minimum atomic E-state index is -0.316. The quantitative estimate of drug-likeness (QED) is 0.327. The molecule has 0 saturated heterocycles. The summed E-state index contributed by atoms with van der Waals surface area (Å²) in [6.07, 6.45) is 1.72.